The number of aromatic nitrogens is 2. The Morgan fingerprint density at radius 2 is 2.32 bits per heavy atom. The smallest absolute Gasteiger partial charge is 0.0771 e. The normalized spacial score (nSPS) is 30.9. The van der Waals surface area contributed by atoms with Crippen LogP contribution >= 0.6 is 0 Å². The molecule has 1 N–H and O–H groups in total. The zero-order valence-corrected chi connectivity index (χ0v) is 11.5. The highest BCUT2D eigenvalue weighted by Gasteiger charge is 2.21. The average Bonchev–Trinajstić information content (AvgIpc) is 3.10. The molecule has 0 aromatic carbocycles. The van der Waals surface area contributed by atoms with Gasteiger partial charge in [-0.25, -0.2) is 0 Å². The number of anilines is 1. The van der Waals surface area contributed by atoms with E-state index in [0.29, 0.717) is 18.3 Å². The summed E-state index contributed by atoms with van der Waals surface area (Å²) in [4.78, 5) is 0. The molecule has 19 heavy (non-hydrogen) atoms. The van der Waals surface area contributed by atoms with Gasteiger partial charge in [0.1, 0.15) is 0 Å². The van der Waals surface area contributed by atoms with E-state index in [9.17, 15) is 0 Å². The SMILES string of the molecule is CC1CCC(CNc2cnn(CC3CCCO3)c2)O1. The summed E-state index contributed by atoms with van der Waals surface area (Å²) in [5, 5.41) is 7.78. The van der Waals surface area contributed by atoms with Gasteiger partial charge in [0, 0.05) is 19.3 Å². The summed E-state index contributed by atoms with van der Waals surface area (Å²) in [7, 11) is 0. The van der Waals surface area contributed by atoms with Crippen LogP contribution < -0.4 is 5.32 Å². The maximum absolute atomic E-state index is 5.79. The molecule has 5 heteroatoms. The molecule has 0 aliphatic carbocycles. The van der Waals surface area contributed by atoms with Crippen LogP contribution in [0.15, 0.2) is 12.4 Å². The molecule has 3 heterocycles. The van der Waals surface area contributed by atoms with Crippen LogP contribution in [-0.4, -0.2) is 41.2 Å². The number of ether oxygens (including phenoxy) is 2. The molecule has 1 aromatic rings. The fourth-order valence-electron chi connectivity index (χ4n) is 2.82. The summed E-state index contributed by atoms with van der Waals surface area (Å²) in [5.41, 5.74) is 1.07. The van der Waals surface area contributed by atoms with Crippen LogP contribution in [0, 0.1) is 0 Å². The molecule has 0 spiro atoms. The summed E-state index contributed by atoms with van der Waals surface area (Å²) < 4.78 is 13.4. The van der Waals surface area contributed by atoms with Gasteiger partial charge in [-0.3, -0.25) is 4.68 Å². The molecule has 3 atom stereocenters. The molecule has 2 aliphatic heterocycles. The van der Waals surface area contributed by atoms with Gasteiger partial charge in [0.25, 0.3) is 0 Å². The molecule has 5 nitrogen and oxygen atoms in total. The number of hydrogen-bond acceptors (Lipinski definition) is 4. The third-order valence-electron chi connectivity index (χ3n) is 3.90. The maximum atomic E-state index is 5.79. The topological polar surface area (TPSA) is 48.3 Å². The number of nitrogens with zero attached hydrogens (tertiary/aromatic N) is 2. The second kappa shape index (κ2) is 5.92. The third kappa shape index (κ3) is 3.48. The number of nitrogens with one attached hydrogen (secondary N) is 1. The van der Waals surface area contributed by atoms with Crippen LogP contribution in [0.2, 0.25) is 0 Å². The van der Waals surface area contributed by atoms with Crippen molar-refractivity contribution >= 4 is 5.69 Å². The van der Waals surface area contributed by atoms with E-state index in [4.69, 9.17) is 9.47 Å². The minimum Gasteiger partial charge on any atom is -0.380 e. The van der Waals surface area contributed by atoms with Crippen molar-refractivity contribution in [3.8, 4) is 0 Å². The van der Waals surface area contributed by atoms with E-state index < -0.39 is 0 Å². The van der Waals surface area contributed by atoms with Gasteiger partial charge in [0.15, 0.2) is 0 Å². The molecular weight excluding hydrogens is 242 g/mol. The second-order valence-electron chi connectivity index (χ2n) is 5.61. The van der Waals surface area contributed by atoms with E-state index in [1.54, 1.807) is 0 Å². The molecule has 2 fully saturated rings. The van der Waals surface area contributed by atoms with Gasteiger partial charge in [0.05, 0.1) is 36.7 Å². The largest absolute Gasteiger partial charge is 0.380 e. The van der Waals surface area contributed by atoms with Crippen molar-refractivity contribution in [1.82, 2.24) is 9.78 Å². The first-order chi connectivity index (χ1) is 9.29. The maximum Gasteiger partial charge on any atom is 0.0771 e. The lowest BCUT2D eigenvalue weighted by Gasteiger charge is -2.12. The van der Waals surface area contributed by atoms with Gasteiger partial charge >= 0.3 is 0 Å². The van der Waals surface area contributed by atoms with Crippen molar-refractivity contribution in [3.05, 3.63) is 12.4 Å². The minimum atomic E-state index is 0.340. The molecule has 1 aromatic heterocycles. The Morgan fingerprint density at radius 3 is 3.05 bits per heavy atom. The number of rotatable bonds is 5. The molecule has 2 aliphatic rings. The van der Waals surface area contributed by atoms with E-state index in [1.165, 1.54) is 12.8 Å². The first-order valence-corrected chi connectivity index (χ1v) is 7.33. The highest BCUT2D eigenvalue weighted by atomic mass is 16.5. The van der Waals surface area contributed by atoms with Crippen LogP contribution in [-0.2, 0) is 16.0 Å². The fourth-order valence-corrected chi connectivity index (χ4v) is 2.82. The molecule has 0 radical (unpaired) electrons. The van der Waals surface area contributed by atoms with Crippen LogP contribution in [0.5, 0.6) is 0 Å². The summed E-state index contributed by atoms with van der Waals surface area (Å²) in [6.45, 7) is 4.77. The van der Waals surface area contributed by atoms with Crippen LogP contribution in [0.25, 0.3) is 0 Å². The van der Waals surface area contributed by atoms with Gasteiger partial charge in [-0.05, 0) is 32.6 Å². The Balaban J connectivity index is 1.45. The summed E-state index contributed by atoms with van der Waals surface area (Å²) in [5.74, 6) is 0. The standard InChI is InChI=1S/C14H23N3O2/c1-11-4-5-13(19-11)8-15-12-7-16-17(9-12)10-14-3-2-6-18-14/h7,9,11,13-15H,2-6,8,10H2,1H3. The third-order valence-corrected chi connectivity index (χ3v) is 3.90. The quantitative estimate of drug-likeness (QED) is 0.885. The Bertz CT molecular complexity index is 401. The van der Waals surface area contributed by atoms with Gasteiger partial charge in [-0.1, -0.05) is 0 Å². The van der Waals surface area contributed by atoms with Gasteiger partial charge in [-0.2, -0.15) is 5.10 Å². The highest BCUT2D eigenvalue weighted by molar-refractivity contribution is 5.38. The van der Waals surface area contributed by atoms with E-state index in [-0.39, 0.29) is 0 Å². The molecule has 0 saturated carbocycles. The molecule has 3 rings (SSSR count). The van der Waals surface area contributed by atoms with Crippen LogP contribution in [0.1, 0.15) is 32.6 Å². The van der Waals surface area contributed by atoms with Crippen molar-refractivity contribution in [2.45, 2.75) is 57.5 Å². The molecule has 0 amide bonds. The van der Waals surface area contributed by atoms with Crippen molar-refractivity contribution in [1.29, 1.82) is 0 Å². The first kappa shape index (κ1) is 12.9. The van der Waals surface area contributed by atoms with Crippen LogP contribution in [0.4, 0.5) is 5.69 Å². The predicted octanol–water partition coefficient (Wildman–Crippen LogP) is 2.04. The lowest BCUT2D eigenvalue weighted by molar-refractivity contribution is 0.0637. The van der Waals surface area contributed by atoms with Gasteiger partial charge < -0.3 is 14.8 Å². The molecule has 3 unspecified atom stereocenters. The number of hydrogen-bond donors (Lipinski definition) is 1. The fraction of sp³-hybridized carbons (Fsp3) is 0.786. The van der Waals surface area contributed by atoms with Crippen molar-refractivity contribution < 1.29 is 9.47 Å². The Kier molecular flexibility index (Phi) is 4.03. The van der Waals surface area contributed by atoms with Crippen molar-refractivity contribution in [3.63, 3.8) is 0 Å². The highest BCUT2D eigenvalue weighted by Crippen LogP contribution is 2.20. The monoisotopic (exact) mass is 265 g/mol. The summed E-state index contributed by atoms with van der Waals surface area (Å²) in [6, 6.07) is 0. The van der Waals surface area contributed by atoms with Crippen LogP contribution in [0.3, 0.4) is 0 Å². The Labute approximate surface area is 114 Å². The minimum absolute atomic E-state index is 0.340. The molecule has 0 bridgehead atoms. The van der Waals surface area contributed by atoms with E-state index in [2.05, 4.69) is 23.5 Å². The van der Waals surface area contributed by atoms with E-state index in [1.807, 2.05) is 10.9 Å². The zero-order valence-electron chi connectivity index (χ0n) is 11.5. The Hall–Kier alpha value is -1.07. The van der Waals surface area contributed by atoms with Crippen molar-refractivity contribution in [2.75, 3.05) is 18.5 Å². The second-order valence-corrected chi connectivity index (χ2v) is 5.61. The Morgan fingerprint density at radius 1 is 1.37 bits per heavy atom. The lowest BCUT2D eigenvalue weighted by Crippen LogP contribution is -2.19. The summed E-state index contributed by atoms with van der Waals surface area (Å²) >= 11 is 0. The van der Waals surface area contributed by atoms with Crippen molar-refractivity contribution in [2.24, 2.45) is 0 Å². The molecular formula is C14H23N3O2. The average molecular weight is 265 g/mol. The van der Waals surface area contributed by atoms with E-state index in [0.717, 1.165) is 38.2 Å². The van der Waals surface area contributed by atoms with E-state index >= 15 is 0 Å². The first-order valence-electron chi connectivity index (χ1n) is 7.33. The molecule has 106 valence electrons. The summed E-state index contributed by atoms with van der Waals surface area (Å²) in [6.07, 6.45) is 9.68. The zero-order chi connectivity index (χ0) is 13.1. The van der Waals surface area contributed by atoms with Gasteiger partial charge in [0.2, 0.25) is 0 Å². The van der Waals surface area contributed by atoms with Gasteiger partial charge in [-0.15, -0.1) is 0 Å². The molecule has 2 saturated heterocycles. The predicted molar refractivity (Wildman–Crippen MR) is 73.3 cm³/mol. The lowest BCUT2D eigenvalue weighted by atomic mass is 10.2.